The number of rotatable bonds is 3. The van der Waals surface area contributed by atoms with Crippen molar-refractivity contribution in [1.82, 2.24) is 0 Å². The van der Waals surface area contributed by atoms with Crippen molar-refractivity contribution in [3.05, 3.63) is 23.2 Å². The lowest BCUT2D eigenvalue weighted by molar-refractivity contribution is 0.303. The number of halogens is 1. The molecule has 1 saturated carbocycles. The van der Waals surface area contributed by atoms with E-state index in [2.05, 4.69) is 0 Å². The molecule has 0 spiro atoms. The van der Waals surface area contributed by atoms with E-state index in [4.69, 9.17) is 16.3 Å². The molecule has 1 aromatic carbocycles. The van der Waals surface area contributed by atoms with Crippen LogP contribution in [0.3, 0.4) is 0 Å². The van der Waals surface area contributed by atoms with Gasteiger partial charge in [0.2, 0.25) is 0 Å². The number of nitrogens with zero attached hydrogens (tertiary/aromatic N) is 1. The molecule has 0 bridgehead atoms. The second-order valence-corrected chi connectivity index (χ2v) is 4.23. The number of anilines is 1. The van der Waals surface area contributed by atoms with Gasteiger partial charge in [-0.3, -0.25) is 0 Å². The minimum Gasteiger partial charge on any atom is -0.489 e. The van der Waals surface area contributed by atoms with E-state index in [0.29, 0.717) is 11.1 Å². The normalized spacial score (nSPS) is 15.4. The quantitative estimate of drug-likeness (QED) is 0.762. The van der Waals surface area contributed by atoms with Gasteiger partial charge in [-0.2, -0.15) is 0 Å². The Morgan fingerprint density at radius 2 is 2.07 bits per heavy atom. The molecule has 1 fully saturated rings. The Bertz CT molecular complexity index is 334. The molecule has 0 N–H and O–H groups in total. The summed E-state index contributed by atoms with van der Waals surface area (Å²) in [6.07, 6.45) is 2.72. The van der Waals surface area contributed by atoms with Crippen molar-refractivity contribution in [3.63, 3.8) is 0 Å². The molecule has 0 aromatic heterocycles. The van der Waals surface area contributed by atoms with E-state index in [1.807, 2.05) is 37.2 Å². The first-order valence-electron chi connectivity index (χ1n) is 4.80. The second-order valence-electron chi connectivity index (χ2n) is 3.83. The first-order valence-corrected chi connectivity index (χ1v) is 5.18. The van der Waals surface area contributed by atoms with E-state index in [1.54, 1.807) is 0 Å². The van der Waals surface area contributed by atoms with E-state index < -0.39 is 0 Å². The van der Waals surface area contributed by atoms with Crippen LogP contribution in [0.4, 0.5) is 5.69 Å². The molecule has 0 saturated heterocycles. The highest BCUT2D eigenvalue weighted by atomic mass is 35.5. The molecule has 0 radical (unpaired) electrons. The molecule has 0 aliphatic heterocycles. The summed E-state index contributed by atoms with van der Waals surface area (Å²) >= 11 is 6.09. The van der Waals surface area contributed by atoms with Crippen LogP contribution in [0.5, 0.6) is 5.75 Å². The van der Waals surface area contributed by atoms with Crippen LogP contribution < -0.4 is 9.64 Å². The molecule has 2 nitrogen and oxygen atoms in total. The average molecular weight is 212 g/mol. The third kappa shape index (κ3) is 2.13. The predicted octanol–water partition coefficient (Wildman–Crippen LogP) is 2.95. The van der Waals surface area contributed by atoms with Gasteiger partial charge in [-0.25, -0.2) is 0 Å². The number of hydrogen-bond donors (Lipinski definition) is 0. The summed E-state index contributed by atoms with van der Waals surface area (Å²) in [7, 11) is 3.99. The fourth-order valence-corrected chi connectivity index (χ4v) is 1.45. The maximum absolute atomic E-state index is 6.09. The molecule has 0 heterocycles. The summed E-state index contributed by atoms with van der Waals surface area (Å²) < 4.78 is 5.64. The molecule has 1 aliphatic rings. The Morgan fingerprint density at radius 3 is 2.57 bits per heavy atom. The van der Waals surface area contributed by atoms with Crippen molar-refractivity contribution in [1.29, 1.82) is 0 Å². The van der Waals surface area contributed by atoms with Crippen LogP contribution in [0.1, 0.15) is 12.8 Å². The monoisotopic (exact) mass is 211 g/mol. The van der Waals surface area contributed by atoms with Gasteiger partial charge in [0, 0.05) is 19.8 Å². The standard InChI is InChI=1S/C11H14ClNO/c1-13(2)8-3-6-11(10(12)7-8)14-9-4-5-9/h3,6-7,9H,4-5H2,1-2H3. The van der Waals surface area contributed by atoms with E-state index in [-0.39, 0.29) is 0 Å². The molecule has 0 unspecified atom stereocenters. The van der Waals surface area contributed by atoms with Crippen LogP contribution in [0.25, 0.3) is 0 Å². The predicted molar refractivity (Wildman–Crippen MR) is 59.4 cm³/mol. The van der Waals surface area contributed by atoms with Gasteiger partial charge in [0.25, 0.3) is 0 Å². The molecule has 3 heteroatoms. The maximum atomic E-state index is 6.09. The molecule has 1 aliphatic carbocycles. The zero-order valence-electron chi connectivity index (χ0n) is 8.46. The SMILES string of the molecule is CN(C)c1ccc(OC2CC2)c(Cl)c1. The van der Waals surface area contributed by atoms with Gasteiger partial charge in [0.05, 0.1) is 11.1 Å². The molecule has 1 aromatic rings. The first-order chi connectivity index (χ1) is 6.66. The van der Waals surface area contributed by atoms with Gasteiger partial charge < -0.3 is 9.64 Å². The zero-order valence-corrected chi connectivity index (χ0v) is 9.21. The van der Waals surface area contributed by atoms with Crippen LogP contribution in [-0.2, 0) is 0 Å². The number of hydrogen-bond acceptors (Lipinski definition) is 2. The minimum absolute atomic E-state index is 0.401. The molecule has 14 heavy (non-hydrogen) atoms. The van der Waals surface area contributed by atoms with Gasteiger partial charge in [0.1, 0.15) is 5.75 Å². The topological polar surface area (TPSA) is 12.5 Å². The zero-order chi connectivity index (χ0) is 10.1. The second kappa shape index (κ2) is 3.70. The summed E-state index contributed by atoms with van der Waals surface area (Å²) in [5.41, 5.74) is 1.10. The Labute approximate surface area is 89.4 Å². The van der Waals surface area contributed by atoms with Crippen molar-refractivity contribution in [2.24, 2.45) is 0 Å². The fraction of sp³-hybridized carbons (Fsp3) is 0.455. The summed E-state index contributed by atoms with van der Waals surface area (Å²) in [5, 5.41) is 0.697. The number of benzene rings is 1. The van der Waals surface area contributed by atoms with Crippen molar-refractivity contribution < 1.29 is 4.74 Å². The highest BCUT2D eigenvalue weighted by molar-refractivity contribution is 6.32. The third-order valence-corrected chi connectivity index (χ3v) is 2.55. The Morgan fingerprint density at radius 1 is 1.36 bits per heavy atom. The summed E-state index contributed by atoms with van der Waals surface area (Å²) in [4.78, 5) is 2.02. The van der Waals surface area contributed by atoms with Gasteiger partial charge in [-0.15, -0.1) is 0 Å². The van der Waals surface area contributed by atoms with E-state index >= 15 is 0 Å². The van der Waals surface area contributed by atoms with Crippen LogP contribution in [0.2, 0.25) is 5.02 Å². The van der Waals surface area contributed by atoms with Gasteiger partial charge in [-0.05, 0) is 31.0 Å². The fourth-order valence-electron chi connectivity index (χ4n) is 1.23. The minimum atomic E-state index is 0.401. The molecule has 0 atom stereocenters. The van der Waals surface area contributed by atoms with E-state index in [0.717, 1.165) is 24.3 Å². The third-order valence-electron chi connectivity index (χ3n) is 2.25. The lowest BCUT2D eigenvalue weighted by Gasteiger charge is -2.14. The summed E-state index contributed by atoms with van der Waals surface area (Å²) in [5.74, 6) is 0.805. The van der Waals surface area contributed by atoms with E-state index in [1.165, 1.54) is 0 Å². The molecule has 0 amide bonds. The average Bonchev–Trinajstić information content (AvgIpc) is 2.92. The van der Waals surface area contributed by atoms with Crippen molar-refractivity contribution in [2.45, 2.75) is 18.9 Å². The molecular formula is C11H14ClNO. The smallest absolute Gasteiger partial charge is 0.138 e. The largest absolute Gasteiger partial charge is 0.489 e. The Balaban J connectivity index is 2.17. The van der Waals surface area contributed by atoms with Crippen molar-refractivity contribution in [3.8, 4) is 5.75 Å². The Kier molecular flexibility index (Phi) is 2.55. The Hall–Kier alpha value is -0.890. The highest BCUT2D eigenvalue weighted by Crippen LogP contribution is 2.33. The lowest BCUT2D eigenvalue weighted by Crippen LogP contribution is -2.08. The van der Waals surface area contributed by atoms with Crippen LogP contribution in [0.15, 0.2) is 18.2 Å². The molecular weight excluding hydrogens is 198 g/mol. The van der Waals surface area contributed by atoms with Crippen LogP contribution >= 0.6 is 11.6 Å². The van der Waals surface area contributed by atoms with Crippen LogP contribution in [-0.4, -0.2) is 20.2 Å². The van der Waals surface area contributed by atoms with Gasteiger partial charge in [0.15, 0.2) is 0 Å². The molecule has 2 rings (SSSR count). The highest BCUT2D eigenvalue weighted by Gasteiger charge is 2.24. The first kappa shape index (κ1) is 9.66. The summed E-state index contributed by atoms with van der Waals surface area (Å²) in [6.45, 7) is 0. The van der Waals surface area contributed by atoms with E-state index in [9.17, 15) is 0 Å². The van der Waals surface area contributed by atoms with Crippen LogP contribution in [0, 0.1) is 0 Å². The number of ether oxygens (including phenoxy) is 1. The van der Waals surface area contributed by atoms with Gasteiger partial charge in [-0.1, -0.05) is 11.6 Å². The maximum Gasteiger partial charge on any atom is 0.138 e. The lowest BCUT2D eigenvalue weighted by atomic mass is 10.3. The summed E-state index contributed by atoms with van der Waals surface area (Å²) in [6, 6.07) is 5.89. The van der Waals surface area contributed by atoms with Gasteiger partial charge >= 0.3 is 0 Å². The molecule has 76 valence electrons. The van der Waals surface area contributed by atoms with Crippen molar-refractivity contribution in [2.75, 3.05) is 19.0 Å². The van der Waals surface area contributed by atoms with Crippen molar-refractivity contribution >= 4 is 17.3 Å².